The van der Waals surface area contributed by atoms with Crippen LogP contribution in [0.2, 0.25) is 5.02 Å². The van der Waals surface area contributed by atoms with Gasteiger partial charge in [-0.3, -0.25) is 4.79 Å². The van der Waals surface area contributed by atoms with Gasteiger partial charge in [0.25, 0.3) is 5.91 Å². The third-order valence-electron chi connectivity index (χ3n) is 3.73. The Morgan fingerprint density at radius 2 is 1.78 bits per heavy atom. The van der Waals surface area contributed by atoms with Gasteiger partial charge in [-0.2, -0.15) is 0 Å². The molecule has 2 heterocycles. The summed E-state index contributed by atoms with van der Waals surface area (Å²) in [7, 11) is 0. The Balaban J connectivity index is 0.00000192. The molecular weight excluding hydrogens is 335 g/mol. The number of pyridine rings is 1. The minimum atomic E-state index is -0.0713. The minimum absolute atomic E-state index is 0. The Morgan fingerprint density at radius 3 is 2.43 bits per heavy atom. The van der Waals surface area contributed by atoms with E-state index in [0.717, 1.165) is 23.8 Å². The maximum Gasteiger partial charge on any atom is 0.272 e. The largest absolute Gasteiger partial charge is 0.384 e. The van der Waals surface area contributed by atoms with E-state index in [4.69, 9.17) is 17.3 Å². The van der Waals surface area contributed by atoms with Crippen molar-refractivity contribution in [2.75, 3.05) is 36.8 Å². The molecule has 1 saturated heterocycles. The second kappa shape index (κ2) is 7.53. The molecule has 1 aliphatic rings. The zero-order valence-corrected chi connectivity index (χ0v) is 14.1. The van der Waals surface area contributed by atoms with Crippen LogP contribution in [0.15, 0.2) is 42.5 Å². The number of carbonyl (C=O) groups excluding carboxylic acids is 1. The Morgan fingerprint density at radius 1 is 1.09 bits per heavy atom. The van der Waals surface area contributed by atoms with Crippen LogP contribution in [0.3, 0.4) is 0 Å². The number of halogens is 2. The van der Waals surface area contributed by atoms with Crippen LogP contribution in [-0.4, -0.2) is 42.0 Å². The molecule has 122 valence electrons. The summed E-state index contributed by atoms with van der Waals surface area (Å²) in [4.78, 5) is 20.5. The van der Waals surface area contributed by atoms with Crippen molar-refractivity contribution in [3.05, 3.63) is 53.2 Å². The molecular formula is C16H18Cl2N4O. The van der Waals surface area contributed by atoms with Crippen molar-refractivity contribution in [2.24, 2.45) is 0 Å². The van der Waals surface area contributed by atoms with Crippen LogP contribution >= 0.6 is 24.0 Å². The van der Waals surface area contributed by atoms with Crippen LogP contribution in [0.1, 0.15) is 10.5 Å². The highest BCUT2D eigenvalue weighted by Gasteiger charge is 2.23. The van der Waals surface area contributed by atoms with E-state index in [2.05, 4.69) is 9.88 Å². The number of nitrogens with two attached hydrogens (primary N) is 1. The van der Waals surface area contributed by atoms with E-state index in [-0.39, 0.29) is 18.3 Å². The SMILES string of the molecule is Cl.Nc1cccc(C(=O)N2CCN(c3cccc(Cl)c3)CC2)n1. The highest BCUT2D eigenvalue weighted by Crippen LogP contribution is 2.21. The molecule has 2 aromatic rings. The van der Waals surface area contributed by atoms with Crippen LogP contribution in [0.4, 0.5) is 11.5 Å². The summed E-state index contributed by atoms with van der Waals surface area (Å²) < 4.78 is 0. The number of carbonyl (C=O) groups is 1. The number of nitrogen functional groups attached to an aromatic ring is 1. The van der Waals surface area contributed by atoms with E-state index < -0.39 is 0 Å². The van der Waals surface area contributed by atoms with E-state index in [1.807, 2.05) is 29.2 Å². The maximum atomic E-state index is 12.4. The lowest BCUT2D eigenvalue weighted by Gasteiger charge is -2.36. The third kappa shape index (κ3) is 4.06. The first kappa shape index (κ1) is 17.4. The van der Waals surface area contributed by atoms with E-state index in [1.54, 1.807) is 18.2 Å². The fourth-order valence-electron chi connectivity index (χ4n) is 2.57. The Hall–Kier alpha value is -1.98. The van der Waals surface area contributed by atoms with Gasteiger partial charge < -0.3 is 15.5 Å². The van der Waals surface area contributed by atoms with Gasteiger partial charge in [-0.25, -0.2) is 4.98 Å². The molecule has 1 aliphatic heterocycles. The van der Waals surface area contributed by atoms with Crippen molar-refractivity contribution < 1.29 is 4.79 Å². The summed E-state index contributed by atoms with van der Waals surface area (Å²) in [5.41, 5.74) is 7.12. The number of aromatic nitrogens is 1. The number of hydrogen-bond donors (Lipinski definition) is 1. The van der Waals surface area contributed by atoms with Crippen molar-refractivity contribution in [3.63, 3.8) is 0 Å². The Kier molecular flexibility index (Phi) is 5.69. The maximum absolute atomic E-state index is 12.4. The number of piperazine rings is 1. The van der Waals surface area contributed by atoms with Gasteiger partial charge in [0.1, 0.15) is 11.5 Å². The van der Waals surface area contributed by atoms with Gasteiger partial charge in [-0.1, -0.05) is 23.7 Å². The van der Waals surface area contributed by atoms with E-state index in [1.165, 1.54) is 0 Å². The number of hydrogen-bond acceptors (Lipinski definition) is 4. The van der Waals surface area contributed by atoms with Crippen LogP contribution < -0.4 is 10.6 Å². The van der Waals surface area contributed by atoms with Crippen molar-refractivity contribution in [3.8, 4) is 0 Å². The van der Waals surface area contributed by atoms with Gasteiger partial charge in [0.05, 0.1) is 0 Å². The van der Waals surface area contributed by atoms with Gasteiger partial charge in [-0.05, 0) is 30.3 Å². The molecule has 0 bridgehead atoms. The Labute approximate surface area is 146 Å². The van der Waals surface area contributed by atoms with Crippen LogP contribution in [0, 0.1) is 0 Å². The molecule has 0 radical (unpaired) electrons. The van der Waals surface area contributed by atoms with Gasteiger partial charge >= 0.3 is 0 Å². The lowest BCUT2D eigenvalue weighted by molar-refractivity contribution is 0.0741. The highest BCUT2D eigenvalue weighted by molar-refractivity contribution is 6.30. The number of benzene rings is 1. The molecule has 1 fully saturated rings. The fourth-order valence-corrected chi connectivity index (χ4v) is 2.76. The molecule has 0 spiro atoms. The van der Waals surface area contributed by atoms with Crippen LogP contribution in [0.5, 0.6) is 0 Å². The topological polar surface area (TPSA) is 62.5 Å². The predicted octanol–water partition coefficient (Wildman–Crippen LogP) is 2.70. The standard InChI is InChI=1S/C16H17ClN4O.ClH/c17-12-3-1-4-13(11-12)20-7-9-21(10-8-20)16(22)14-5-2-6-15(18)19-14;/h1-6,11H,7-10H2,(H2,18,19);1H. The zero-order chi connectivity index (χ0) is 15.5. The molecule has 0 unspecified atom stereocenters. The zero-order valence-electron chi connectivity index (χ0n) is 12.5. The fraction of sp³-hybridized carbons (Fsp3) is 0.250. The van der Waals surface area contributed by atoms with Crippen molar-refractivity contribution in [2.45, 2.75) is 0 Å². The first-order chi connectivity index (χ1) is 10.6. The number of nitrogens with zero attached hydrogens (tertiary/aromatic N) is 3. The first-order valence-corrected chi connectivity index (χ1v) is 7.53. The second-order valence-corrected chi connectivity index (χ2v) is 5.64. The molecule has 5 nitrogen and oxygen atoms in total. The summed E-state index contributed by atoms with van der Waals surface area (Å²) in [6, 6.07) is 12.9. The van der Waals surface area contributed by atoms with Gasteiger partial charge in [0.2, 0.25) is 0 Å². The highest BCUT2D eigenvalue weighted by atomic mass is 35.5. The monoisotopic (exact) mass is 352 g/mol. The molecule has 7 heteroatoms. The quantitative estimate of drug-likeness (QED) is 0.902. The molecule has 23 heavy (non-hydrogen) atoms. The van der Waals surface area contributed by atoms with Crippen molar-refractivity contribution >= 4 is 41.4 Å². The molecule has 0 atom stereocenters. The van der Waals surface area contributed by atoms with E-state index in [9.17, 15) is 4.79 Å². The molecule has 1 aromatic carbocycles. The molecule has 2 N–H and O–H groups in total. The normalized spacial score (nSPS) is 14.3. The van der Waals surface area contributed by atoms with Gasteiger partial charge in [0, 0.05) is 36.9 Å². The summed E-state index contributed by atoms with van der Waals surface area (Å²) >= 11 is 6.03. The van der Waals surface area contributed by atoms with E-state index >= 15 is 0 Å². The molecule has 0 saturated carbocycles. The number of amides is 1. The van der Waals surface area contributed by atoms with E-state index in [0.29, 0.717) is 24.6 Å². The average Bonchev–Trinajstić information content (AvgIpc) is 2.54. The van der Waals surface area contributed by atoms with Crippen molar-refractivity contribution in [1.29, 1.82) is 0 Å². The molecule has 1 amide bonds. The number of anilines is 2. The summed E-state index contributed by atoms with van der Waals surface area (Å²) in [6.07, 6.45) is 0. The predicted molar refractivity (Wildman–Crippen MR) is 95.5 cm³/mol. The molecule has 1 aromatic heterocycles. The lowest BCUT2D eigenvalue weighted by atomic mass is 10.2. The molecule has 3 rings (SSSR count). The van der Waals surface area contributed by atoms with Gasteiger partial charge in [-0.15, -0.1) is 12.4 Å². The van der Waals surface area contributed by atoms with Crippen molar-refractivity contribution in [1.82, 2.24) is 9.88 Å². The second-order valence-electron chi connectivity index (χ2n) is 5.21. The summed E-state index contributed by atoms with van der Waals surface area (Å²) in [5.74, 6) is 0.293. The van der Waals surface area contributed by atoms with Gasteiger partial charge in [0.15, 0.2) is 0 Å². The minimum Gasteiger partial charge on any atom is -0.384 e. The lowest BCUT2D eigenvalue weighted by Crippen LogP contribution is -2.49. The van der Waals surface area contributed by atoms with Crippen LogP contribution in [0.25, 0.3) is 0 Å². The Bertz CT molecular complexity index is 687. The summed E-state index contributed by atoms with van der Waals surface area (Å²) in [6.45, 7) is 2.85. The smallest absolute Gasteiger partial charge is 0.272 e. The first-order valence-electron chi connectivity index (χ1n) is 7.16. The third-order valence-corrected chi connectivity index (χ3v) is 3.97. The molecule has 0 aliphatic carbocycles. The number of rotatable bonds is 2. The van der Waals surface area contributed by atoms with Crippen LogP contribution in [-0.2, 0) is 0 Å². The average molecular weight is 353 g/mol. The summed E-state index contributed by atoms with van der Waals surface area (Å²) in [5, 5.41) is 0.722.